The molecule has 192 valence electrons. The molecule has 2 heterocycles. The monoisotopic (exact) mass is 520 g/mol. The van der Waals surface area contributed by atoms with E-state index in [4.69, 9.17) is 15.0 Å². The molecule has 35 heavy (non-hydrogen) atoms. The van der Waals surface area contributed by atoms with Gasteiger partial charge in [0, 0.05) is 51.2 Å². The molecule has 1 amide bonds. The van der Waals surface area contributed by atoms with Gasteiger partial charge in [-0.3, -0.25) is 4.99 Å². The Kier molecular flexibility index (Phi) is 11.5. The Hall–Kier alpha value is -2.62. The first-order chi connectivity index (χ1) is 16.6. The van der Waals surface area contributed by atoms with Crippen molar-refractivity contribution in [3.05, 3.63) is 27.9 Å². The highest BCUT2D eigenvalue weighted by Gasteiger charge is 2.18. The fourth-order valence-corrected chi connectivity index (χ4v) is 4.32. The topological polar surface area (TPSA) is 118 Å². The van der Waals surface area contributed by atoms with Crippen LogP contribution in [0.15, 0.2) is 28.0 Å². The number of allylic oxidation sites excluding steroid dienone is 1. The molecule has 1 aliphatic rings. The van der Waals surface area contributed by atoms with Gasteiger partial charge in [-0.25, -0.2) is 14.8 Å². The maximum Gasteiger partial charge on any atom is 0.407 e. The van der Waals surface area contributed by atoms with Crippen molar-refractivity contribution in [3.63, 3.8) is 0 Å². The van der Waals surface area contributed by atoms with E-state index in [0.717, 1.165) is 42.7 Å². The summed E-state index contributed by atoms with van der Waals surface area (Å²) in [5.74, 6) is 1.46. The Balaban J connectivity index is 2.02. The quantitative estimate of drug-likeness (QED) is 0.320. The Bertz CT molecular complexity index is 967. The average Bonchev–Trinajstić information content (AvgIpc) is 3.26. The molecular formula is C23H36N8O2S2. The van der Waals surface area contributed by atoms with E-state index in [1.165, 1.54) is 23.1 Å². The molecule has 10 nitrogen and oxygen atoms in total. The zero-order valence-electron chi connectivity index (χ0n) is 21.4. The number of rotatable bonds is 7. The molecule has 0 aliphatic carbocycles. The molecule has 1 aliphatic heterocycles. The van der Waals surface area contributed by atoms with Gasteiger partial charge in [0.1, 0.15) is 27.4 Å². The molecule has 0 bridgehead atoms. The molecule has 0 unspecified atom stereocenters. The van der Waals surface area contributed by atoms with Gasteiger partial charge >= 0.3 is 6.09 Å². The van der Waals surface area contributed by atoms with Crippen molar-refractivity contribution in [1.29, 1.82) is 5.26 Å². The van der Waals surface area contributed by atoms with Gasteiger partial charge in [-0.1, -0.05) is 11.8 Å². The Labute approximate surface area is 216 Å². The minimum atomic E-state index is -0.523. The predicted molar refractivity (Wildman–Crippen MR) is 144 cm³/mol. The standard InChI is InChI=1S/C23H36N8O2S2/c1-17(27-16-20-28-15-18(14-24)35-20)13-19(31-10-8-30(6)9-11-31)29-21(25-5)34-12-7-26-22(32)33-23(2,3)4/h13,15,27H,7-12,16H2,1-6H3,(H,26,32)/b17-13+,25-21?,29-19+. The van der Waals surface area contributed by atoms with E-state index in [9.17, 15) is 4.79 Å². The highest BCUT2D eigenvalue weighted by atomic mass is 32.2. The summed E-state index contributed by atoms with van der Waals surface area (Å²) < 4.78 is 5.27. The molecule has 0 aromatic carbocycles. The fraction of sp³-hybridized carbons (Fsp3) is 0.609. The molecule has 2 rings (SSSR count). The molecule has 12 heteroatoms. The zero-order valence-corrected chi connectivity index (χ0v) is 23.1. The molecule has 0 radical (unpaired) electrons. The lowest BCUT2D eigenvalue weighted by molar-refractivity contribution is 0.0531. The van der Waals surface area contributed by atoms with Gasteiger partial charge in [-0.2, -0.15) is 5.26 Å². The van der Waals surface area contributed by atoms with Gasteiger partial charge in [-0.15, -0.1) is 11.3 Å². The van der Waals surface area contributed by atoms with E-state index in [1.54, 1.807) is 13.2 Å². The van der Waals surface area contributed by atoms with Crippen molar-refractivity contribution in [3.8, 4) is 6.07 Å². The van der Waals surface area contributed by atoms with Crippen molar-refractivity contribution < 1.29 is 9.53 Å². The van der Waals surface area contributed by atoms with E-state index >= 15 is 0 Å². The van der Waals surface area contributed by atoms with Crippen LogP contribution in [0.25, 0.3) is 0 Å². The molecule has 0 atom stereocenters. The van der Waals surface area contributed by atoms with Crippen LogP contribution in [0.2, 0.25) is 0 Å². The van der Waals surface area contributed by atoms with Gasteiger partial charge in [-0.05, 0) is 40.8 Å². The van der Waals surface area contributed by atoms with Crippen LogP contribution in [-0.2, 0) is 11.3 Å². The number of aliphatic imine (C=N–C) groups is 2. The number of ether oxygens (including phenoxy) is 1. The molecule has 1 aromatic heterocycles. The number of alkyl carbamates (subject to hydrolysis) is 1. The number of thiazole rings is 1. The Morgan fingerprint density at radius 1 is 1.34 bits per heavy atom. The van der Waals surface area contributed by atoms with Gasteiger partial charge in [0.05, 0.1) is 12.7 Å². The number of thioether (sulfide) groups is 1. The summed E-state index contributed by atoms with van der Waals surface area (Å²) in [4.78, 5) is 30.5. The summed E-state index contributed by atoms with van der Waals surface area (Å²) in [6.07, 6.45) is 3.19. The zero-order chi connectivity index (χ0) is 25.8. The normalized spacial score (nSPS) is 16.1. The summed E-state index contributed by atoms with van der Waals surface area (Å²) in [5.41, 5.74) is 0.425. The number of carbonyl (C=O) groups is 1. The van der Waals surface area contributed by atoms with Crippen LogP contribution in [0.4, 0.5) is 4.79 Å². The van der Waals surface area contributed by atoms with Crippen LogP contribution in [0.5, 0.6) is 0 Å². The SMILES string of the molecule is CN=C(/N=C(\C=C(/C)NCc1ncc(C#N)s1)N1CCN(C)CC1)SCCNC(=O)OC(C)(C)C. The third-order valence-corrected chi connectivity index (χ3v) is 6.60. The number of nitriles is 1. The lowest BCUT2D eigenvalue weighted by Crippen LogP contribution is -2.47. The number of nitrogens with one attached hydrogen (secondary N) is 2. The molecule has 1 fully saturated rings. The van der Waals surface area contributed by atoms with Crippen molar-refractivity contribution in [2.75, 3.05) is 52.6 Å². The first kappa shape index (κ1) is 28.6. The van der Waals surface area contributed by atoms with Crippen molar-refractivity contribution in [1.82, 2.24) is 25.4 Å². The number of hydrogen-bond donors (Lipinski definition) is 2. The van der Waals surface area contributed by atoms with E-state index in [0.29, 0.717) is 28.9 Å². The van der Waals surface area contributed by atoms with E-state index in [1.807, 2.05) is 33.8 Å². The number of aromatic nitrogens is 1. The van der Waals surface area contributed by atoms with Crippen LogP contribution < -0.4 is 10.6 Å². The maximum atomic E-state index is 11.8. The van der Waals surface area contributed by atoms with E-state index in [-0.39, 0.29) is 0 Å². The molecule has 0 saturated carbocycles. The second kappa shape index (κ2) is 14.1. The third kappa shape index (κ3) is 11.1. The highest BCUT2D eigenvalue weighted by Crippen LogP contribution is 2.13. The minimum absolute atomic E-state index is 0.429. The molecule has 0 spiro atoms. The third-order valence-electron chi connectivity index (χ3n) is 4.76. The van der Waals surface area contributed by atoms with Crippen LogP contribution in [0.1, 0.15) is 37.6 Å². The first-order valence-corrected chi connectivity index (χ1v) is 13.3. The summed E-state index contributed by atoms with van der Waals surface area (Å²) in [5, 5.41) is 16.6. The van der Waals surface area contributed by atoms with Gasteiger partial charge in [0.15, 0.2) is 5.17 Å². The summed E-state index contributed by atoms with van der Waals surface area (Å²) >= 11 is 2.87. The van der Waals surface area contributed by atoms with Crippen LogP contribution in [0, 0.1) is 11.3 Å². The van der Waals surface area contributed by atoms with Gasteiger partial charge in [0.2, 0.25) is 0 Å². The second-order valence-electron chi connectivity index (χ2n) is 8.95. The Morgan fingerprint density at radius 3 is 2.66 bits per heavy atom. The molecular weight excluding hydrogens is 484 g/mol. The number of hydrogen-bond acceptors (Lipinski definition) is 9. The summed E-state index contributed by atoms with van der Waals surface area (Å²) in [6, 6.07) is 2.12. The van der Waals surface area contributed by atoms with Gasteiger partial charge < -0.3 is 25.2 Å². The maximum absolute atomic E-state index is 11.8. The first-order valence-electron chi connectivity index (χ1n) is 11.4. The number of amides is 1. The average molecular weight is 521 g/mol. The van der Waals surface area contributed by atoms with Crippen molar-refractivity contribution in [2.24, 2.45) is 9.98 Å². The highest BCUT2D eigenvalue weighted by molar-refractivity contribution is 8.13. The van der Waals surface area contributed by atoms with Crippen molar-refractivity contribution >= 4 is 40.2 Å². The number of carbonyl (C=O) groups excluding carboxylic acids is 1. The predicted octanol–water partition coefficient (Wildman–Crippen LogP) is 2.90. The lowest BCUT2D eigenvalue weighted by Gasteiger charge is -2.34. The second-order valence-corrected chi connectivity index (χ2v) is 11.1. The summed E-state index contributed by atoms with van der Waals surface area (Å²) in [7, 11) is 3.84. The molecule has 2 N–H and O–H groups in total. The molecule has 1 aromatic rings. The largest absolute Gasteiger partial charge is 0.444 e. The smallest absolute Gasteiger partial charge is 0.407 e. The lowest BCUT2D eigenvalue weighted by atomic mass is 10.2. The van der Waals surface area contributed by atoms with Crippen LogP contribution >= 0.6 is 23.1 Å². The van der Waals surface area contributed by atoms with E-state index < -0.39 is 11.7 Å². The van der Waals surface area contributed by atoms with Crippen molar-refractivity contribution in [2.45, 2.75) is 39.8 Å². The number of nitrogens with zero attached hydrogens (tertiary/aromatic N) is 6. The number of likely N-dealkylation sites (N-methyl/N-ethyl adjacent to an activating group) is 1. The Morgan fingerprint density at radius 2 is 2.06 bits per heavy atom. The minimum Gasteiger partial charge on any atom is -0.444 e. The number of piperazine rings is 1. The molecule has 1 saturated heterocycles. The summed E-state index contributed by atoms with van der Waals surface area (Å²) in [6.45, 7) is 12.2. The fourth-order valence-electron chi connectivity index (χ4n) is 2.99. The number of amidine groups is 2. The van der Waals surface area contributed by atoms with Gasteiger partial charge in [0.25, 0.3) is 0 Å². The van der Waals surface area contributed by atoms with Crippen LogP contribution in [0.3, 0.4) is 0 Å². The van der Waals surface area contributed by atoms with E-state index in [2.05, 4.69) is 43.5 Å². The van der Waals surface area contributed by atoms with Crippen LogP contribution in [-0.4, -0.2) is 90.1 Å².